The van der Waals surface area contributed by atoms with Crippen molar-refractivity contribution in [2.75, 3.05) is 20.3 Å². The first kappa shape index (κ1) is 13.4. The Morgan fingerprint density at radius 2 is 1.94 bits per heavy atom. The van der Waals surface area contributed by atoms with Crippen LogP contribution >= 0.6 is 11.6 Å². The third-order valence-electron chi connectivity index (χ3n) is 3.41. The second-order valence-electron chi connectivity index (χ2n) is 4.59. The fraction of sp³-hybridized carbons (Fsp3) is 0.500. The van der Waals surface area contributed by atoms with Crippen LogP contribution in [-0.2, 0) is 10.6 Å². The molecule has 1 aliphatic heterocycles. The lowest BCUT2D eigenvalue weighted by Crippen LogP contribution is -2.40. The smallest absolute Gasteiger partial charge is 0.253 e. The minimum Gasteiger partial charge on any atom is -0.381 e. The van der Waals surface area contributed by atoms with Gasteiger partial charge in [0.25, 0.3) is 5.91 Å². The number of amides is 1. The van der Waals surface area contributed by atoms with Crippen molar-refractivity contribution in [2.45, 2.75) is 24.8 Å². The molecule has 18 heavy (non-hydrogen) atoms. The van der Waals surface area contributed by atoms with Crippen molar-refractivity contribution < 1.29 is 9.53 Å². The first-order valence-electron chi connectivity index (χ1n) is 6.22. The first-order valence-corrected chi connectivity index (χ1v) is 6.75. The van der Waals surface area contributed by atoms with E-state index in [-0.39, 0.29) is 5.91 Å². The Morgan fingerprint density at radius 1 is 1.33 bits per heavy atom. The molecule has 1 aliphatic rings. The van der Waals surface area contributed by atoms with Gasteiger partial charge in [0.15, 0.2) is 0 Å². The van der Waals surface area contributed by atoms with E-state index in [0.717, 1.165) is 37.2 Å². The predicted molar refractivity (Wildman–Crippen MR) is 71.9 cm³/mol. The van der Waals surface area contributed by atoms with Crippen molar-refractivity contribution in [3.8, 4) is 0 Å². The number of carbonyl (C=O) groups is 1. The van der Waals surface area contributed by atoms with Crippen molar-refractivity contribution in [1.82, 2.24) is 4.90 Å². The quantitative estimate of drug-likeness (QED) is 0.788. The van der Waals surface area contributed by atoms with Gasteiger partial charge >= 0.3 is 0 Å². The number of halogens is 1. The van der Waals surface area contributed by atoms with Gasteiger partial charge in [0.2, 0.25) is 0 Å². The second-order valence-corrected chi connectivity index (χ2v) is 4.86. The van der Waals surface area contributed by atoms with Gasteiger partial charge < -0.3 is 9.64 Å². The van der Waals surface area contributed by atoms with Crippen LogP contribution in [0.3, 0.4) is 0 Å². The van der Waals surface area contributed by atoms with Crippen LogP contribution in [0.15, 0.2) is 24.3 Å². The minimum atomic E-state index is 0.0722. The van der Waals surface area contributed by atoms with Crippen molar-refractivity contribution in [1.29, 1.82) is 0 Å². The molecule has 1 fully saturated rings. The van der Waals surface area contributed by atoms with Gasteiger partial charge in [0, 0.05) is 37.7 Å². The summed E-state index contributed by atoms with van der Waals surface area (Å²) in [6, 6.07) is 7.78. The average Bonchev–Trinajstić information content (AvgIpc) is 2.47. The normalized spacial score (nSPS) is 16.6. The van der Waals surface area contributed by atoms with E-state index in [9.17, 15) is 4.79 Å². The monoisotopic (exact) mass is 267 g/mol. The molecule has 0 bridgehead atoms. The number of hydrogen-bond donors (Lipinski definition) is 0. The first-order chi connectivity index (χ1) is 8.72. The van der Waals surface area contributed by atoms with Crippen LogP contribution in [0, 0.1) is 0 Å². The average molecular weight is 268 g/mol. The lowest BCUT2D eigenvalue weighted by molar-refractivity contribution is 0.0362. The molecule has 0 atom stereocenters. The third-order valence-corrected chi connectivity index (χ3v) is 3.72. The Bertz CT molecular complexity index is 399. The largest absolute Gasteiger partial charge is 0.381 e. The molecule has 98 valence electrons. The highest BCUT2D eigenvalue weighted by molar-refractivity contribution is 6.17. The van der Waals surface area contributed by atoms with Crippen molar-refractivity contribution in [3.63, 3.8) is 0 Å². The van der Waals surface area contributed by atoms with Gasteiger partial charge in [0.05, 0.1) is 0 Å². The van der Waals surface area contributed by atoms with E-state index in [1.807, 2.05) is 36.2 Å². The van der Waals surface area contributed by atoms with Gasteiger partial charge in [0.1, 0.15) is 0 Å². The Hall–Kier alpha value is -1.06. The van der Waals surface area contributed by atoms with E-state index in [4.69, 9.17) is 16.3 Å². The van der Waals surface area contributed by atoms with E-state index in [0.29, 0.717) is 11.9 Å². The van der Waals surface area contributed by atoms with Crippen LogP contribution in [0.5, 0.6) is 0 Å². The van der Waals surface area contributed by atoms with Crippen LogP contribution < -0.4 is 0 Å². The lowest BCUT2D eigenvalue weighted by atomic mass is 10.1. The van der Waals surface area contributed by atoms with E-state index in [2.05, 4.69) is 0 Å². The van der Waals surface area contributed by atoms with Gasteiger partial charge in [-0.25, -0.2) is 0 Å². The highest BCUT2D eigenvalue weighted by Gasteiger charge is 2.23. The highest BCUT2D eigenvalue weighted by atomic mass is 35.5. The number of carbonyl (C=O) groups excluding carboxylic acids is 1. The van der Waals surface area contributed by atoms with Crippen LogP contribution in [0.1, 0.15) is 28.8 Å². The third kappa shape index (κ3) is 3.03. The number of ether oxygens (including phenoxy) is 1. The van der Waals surface area contributed by atoms with Crippen molar-refractivity contribution >= 4 is 17.5 Å². The molecule has 4 heteroatoms. The molecule has 0 N–H and O–H groups in total. The summed E-state index contributed by atoms with van der Waals surface area (Å²) in [6.45, 7) is 1.49. The maximum Gasteiger partial charge on any atom is 0.253 e. The molecular formula is C14H18ClNO2. The van der Waals surface area contributed by atoms with E-state index in [1.54, 1.807) is 0 Å². The summed E-state index contributed by atoms with van der Waals surface area (Å²) in [5.41, 5.74) is 1.75. The molecule has 1 saturated heterocycles. The minimum absolute atomic E-state index is 0.0722. The molecule has 0 saturated carbocycles. The predicted octanol–water partition coefficient (Wildman–Crippen LogP) is 2.68. The summed E-state index contributed by atoms with van der Waals surface area (Å²) in [4.78, 5) is 14.1. The van der Waals surface area contributed by atoms with Crippen LogP contribution in [-0.4, -0.2) is 37.1 Å². The fourth-order valence-electron chi connectivity index (χ4n) is 2.18. The molecule has 1 amide bonds. The number of hydrogen-bond acceptors (Lipinski definition) is 2. The number of alkyl halides is 1. The second kappa shape index (κ2) is 6.21. The van der Waals surface area contributed by atoms with Crippen LogP contribution in [0.4, 0.5) is 0 Å². The number of benzene rings is 1. The standard InChI is InChI=1S/C14H18ClNO2/c1-16(13-6-8-18-9-7-13)14(17)12-4-2-11(10-15)3-5-12/h2-5,13H,6-10H2,1H3. The Kier molecular flexibility index (Phi) is 4.61. The molecule has 0 radical (unpaired) electrons. The van der Waals surface area contributed by atoms with Crippen LogP contribution in [0.25, 0.3) is 0 Å². The number of rotatable bonds is 3. The zero-order valence-electron chi connectivity index (χ0n) is 10.6. The van der Waals surface area contributed by atoms with E-state index >= 15 is 0 Å². The van der Waals surface area contributed by atoms with Gasteiger partial charge in [-0.2, -0.15) is 0 Å². The van der Waals surface area contributed by atoms with Gasteiger partial charge in [-0.1, -0.05) is 12.1 Å². The summed E-state index contributed by atoms with van der Waals surface area (Å²) >= 11 is 5.73. The Morgan fingerprint density at radius 3 is 2.50 bits per heavy atom. The van der Waals surface area contributed by atoms with E-state index < -0.39 is 0 Å². The van der Waals surface area contributed by atoms with Gasteiger partial charge in [-0.3, -0.25) is 4.79 Å². The summed E-state index contributed by atoms with van der Waals surface area (Å²) in [5.74, 6) is 0.549. The highest BCUT2D eigenvalue weighted by Crippen LogP contribution is 2.16. The Labute approximate surface area is 113 Å². The van der Waals surface area contributed by atoms with Crippen molar-refractivity contribution in [2.24, 2.45) is 0 Å². The van der Waals surface area contributed by atoms with Crippen LogP contribution in [0.2, 0.25) is 0 Å². The summed E-state index contributed by atoms with van der Waals surface area (Å²) in [5, 5.41) is 0. The zero-order chi connectivity index (χ0) is 13.0. The maximum atomic E-state index is 12.3. The van der Waals surface area contributed by atoms with Gasteiger partial charge in [-0.05, 0) is 30.5 Å². The molecule has 0 aliphatic carbocycles. The topological polar surface area (TPSA) is 29.5 Å². The molecular weight excluding hydrogens is 250 g/mol. The fourth-order valence-corrected chi connectivity index (χ4v) is 2.36. The van der Waals surface area contributed by atoms with Crippen molar-refractivity contribution in [3.05, 3.63) is 35.4 Å². The summed E-state index contributed by atoms with van der Waals surface area (Å²) in [7, 11) is 1.87. The maximum absolute atomic E-state index is 12.3. The molecule has 1 aromatic rings. The molecule has 0 unspecified atom stereocenters. The van der Waals surface area contributed by atoms with E-state index in [1.165, 1.54) is 0 Å². The number of nitrogens with zero attached hydrogens (tertiary/aromatic N) is 1. The molecule has 2 rings (SSSR count). The molecule has 1 aromatic carbocycles. The summed E-state index contributed by atoms with van der Waals surface area (Å²) in [6.07, 6.45) is 1.84. The molecule has 0 spiro atoms. The Balaban J connectivity index is 2.04. The zero-order valence-corrected chi connectivity index (χ0v) is 11.3. The SMILES string of the molecule is CN(C(=O)c1ccc(CCl)cc1)C1CCOCC1. The summed E-state index contributed by atoms with van der Waals surface area (Å²) < 4.78 is 5.31. The van der Waals surface area contributed by atoms with Gasteiger partial charge in [-0.15, -0.1) is 11.6 Å². The molecule has 0 aromatic heterocycles. The molecule has 1 heterocycles. The molecule has 3 nitrogen and oxygen atoms in total. The lowest BCUT2D eigenvalue weighted by Gasteiger charge is -2.31.